The molecule has 0 aliphatic heterocycles. The van der Waals surface area contributed by atoms with E-state index >= 15 is 0 Å². The van der Waals surface area contributed by atoms with Crippen molar-refractivity contribution < 1.29 is 0 Å². The fourth-order valence-corrected chi connectivity index (χ4v) is 1.69. The van der Waals surface area contributed by atoms with Crippen molar-refractivity contribution in [2.24, 2.45) is 0 Å². The highest BCUT2D eigenvalue weighted by atomic mass is 79.9. The molecule has 0 aliphatic rings. The van der Waals surface area contributed by atoms with Crippen LogP contribution < -0.4 is 4.90 Å². The highest BCUT2D eigenvalue weighted by Gasteiger charge is 2.08. The summed E-state index contributed by atoms with van der Waals surface area (Å²) in [6.07, 6.45) is 3.66. The van der Waals surface area contributed by atoms with Gasteiger partial charge in [-0.15, -0.1) is 0 Å². The first-order chi connectivity index (χ1) is 6.25. The van der Waals surface area contributed by atoms with Gasteiger partial charge in [0.2, 0.25) is 0 Å². The van der Waals surface area contributed by atoms with E-state index in [1.807, 2.05) is 24.5 Å². The Morgan fingerprint density at radius 3 is 2.46 bits per heavy atom. The standard InChI is InChI=1S/C10H15BrN2/c1-9(2)13(8-5-11)10-3-6-12-7-4-10/h3-4,6-7,9H,5,8H2,1-2H3. The minimum atomic E-state index is 0.528. The molecule has 0 fully saturated rings. The molecule has 0 aliphatic carbocycles. The van der Waals surface area contributed by atoms with Crippen LogP contribution in [0.4, 0.5) is 5.69 Å². The van der Waals surface area contributed by atoms with Crippen LogP contribution in [0.15, 0.2) is 24.5 Å². The Bertz CT molecular complexity index is 236. The monoisotopic (exact) mass is 242 g/mol. The molecule has 0 bridgehead atoms. The molecule has 0 spiro atoms. The molecule has 0 radical (unpaired) electrons. The van der Waals surface area contributed by atoms with Gasteiger partial charge in [-0.25, -0.2) is 0 Å². The van der Waals surface area contributed by atoms with Crippen molar-refractivity contribution >= 4 is 21.6 Å². The lowest BCUT2D eigenvalue weighted by molar-refractivity contribution is 0.707. The first-order valence-electron chi connectivity index (χ1n) is 4.48. The van der Waals surface area contributed by atoms with Crippen LogP contribution in [0, 0.1) is 0 Å². The van der Waals surface area contributed by atoms with Gasteiger partial charge >= 0.3 is 0 Å². The third-order valence-electron chi connectivity index (χ3n) is 1.94. The Hall–Kier alpha value is -0.570. The van der Waals surface area contributed by atoms with E-state index in [2.05, 4.69) is 39.7 Å². The zero-order chi connectivity index (χ0) is 9.68. The topological polar surface area (TPSA) is 16.1 Å². The molecule has 0 saturated carbocycles. The Morgan fingerprint density at radius 2 is 2.00 bits per heavy atom. The molecule has 72 valence electrons. The van der Waals surface area contributed by atoms with E-state index in [0.29, 0.717) is 6.04 Å². The molecule has 1 heterocycles. The van der Waals surface area contributed by atoms with Crippen molar-refractivity contribution in [2.75, 3.05) is 16.8 Å². The van der Waals surface area contributed by atoms with E-state index in [9.17, 15) is 0 Å². The number of halogens is 1. The van der Waals surface area contributed by atoms with Crippen LogP contribution in [0.3, 0.4) is 0 Å². The SMILES string of the molecule is CC(C)N(CCBr)c1ccncc1. The molecular weight excluding hydrogens is 228 g/mol. The highest BCUT2D eigenvalue weighted by Crippen LogP contribution is 2.15. The van der Waals surface area contributed by atoms with Gasteiger partial charge in [0.15, 0.2) is 0 Å². The van der Waals surface area contributed by atoms with E-state index in [-0.39, 0.29) is 0 Å². The summed E-state index contributed by atoms with van der Waals surface area (Å²) in [4.78, 5) is 6.35. The van der Waals surface area contributed by atoms with Gasteiger partial charge in [0.05, 0.1) is 0 Å². The summed E-state index contributed by atoms with van der Waals surface area (Å²) in [5.41, 5.74) is 1.24. The van der Waals surface area contributed by atoms with Crippen molar-refractivity contribution in [1.82, 2.24) is 4.98 Å². The second-order valence-corrected chi connectivity index (χ2v) is 3.97. The highest BCUT2D eigenvalue weighted by molar-refractivity contribution is 9.09. The van der Waals surface area contributed by atoms with Crippen LogP contribution in [-0.4, -0.2) is 22.9 Å². The normalized spacial score (nSPS) is 10.5. The Balaban J connectivity index is 2.76. The van der Waals surface area contributed by atoms with Crippen LogP contribution in [0.1, 0.15) is 13.8 Å². The lowest BCUT2D eigenvalue weighted by Crippen LogP contribution is -2.32. The maximum absolute atomic E-state index is 4.01. The number of nitrogens with zero attached hydrogens (tertiary/aromatic N) is 2. The predicted molar refractivity (Wildman–Crippen MR) is 60.5 cm³/mol. The first kappa shape index (κ1) is 10.5. The van der Waals surface area contributed by atoms with Crippen LogP contribution in [0.5, 0.6) is 0 Å². The maximum Gasteiger partial charge on any atom is 0.0399 e. The molecule has 2 nitrogen and oxygen atoms in total. The van der Waals surface area contributed by atoms with Crippen LogP contribution in [-0.2, 0) is 0 Å². The van der Waals surface area contributed by atoms with Crippen molar-refractivity contribution in [3.05, 3.63) is 24.5 Å². The lowest BCUT2D eigenvalue weighted by Gasteiger charge is -2.27. The fourth-order valence-electron chi connectivity index (χ4n) is 1.31. The summed E-state index contributed by atoms with van der Waals surface area (Å²) < 4.78 is 0. The number of hydrogen-bond donors (Lipinski definition) is 0. The van der Waals surface area contributed by atoms with Gasteiger partial charge in [0, 0.05) is 36.0 Å². The molecule has 1 rings (SSSR count). The number of anilines is 1. The van der Waals surface area contributed by atoms with Crippen LogP contribution >= 0.6 is 15.9 Å². The number of alkyl halides is 1. The second-order valence-electron chi connectivity index (χ2n) is 3.18. The fraction of sp³-hybridized carbons (Fsp3) is 0.500. The minimum absolute atomic E-state index is 0.528. The quantitative estimate of drug-likeness (QED) is 0.756. The van der Waals surface area contributed by atoms with Crippen molar-refractivity contribution in [3.63, 3.8) is 0 Å². The zero-order valence-corrected chi connectivity index (χ0v) is 9.66. The molecule has 1 aromatic rings. The average Bonchev–Trinajstić information content (AvgIpc) is 2.15. The number of pyridine rings is 1. The third kappa shape index (κ3) is 2.99. The lowest BCUT2D eigenvalue weighted by atomic mass is 10.2. The van der Waals surface area contributed by atoms with E-state index in [1.165, 1.54) is 5.69 Å². The molecule has 0 aromatic carbocycles. The molecule has 0 N–H and O–H groups in total. The molecule has 3 heteroatoms. The van der Waals surface area contributed by atoms with Gasteiger partial charge in [-0.1, -0.05) is 15.9 Å². The van der Waals surface area contributed by atoms with E-state index in [4.69, 9.17) is 0 Å². The van der Waals surface area contributed by atoms with Gasteiger partial charge < -0.3 is 4.90 Å². The smallest absolute Gasteiger partial charge is 0.0399 e. The van der Waals surface area contributed by atoms with Crippen molar-refractivity contribution in [1.29, 1.82) is 0 Å². The summed E-state index contributed by atoms with van der Waals surface area (Å²) in [6.45, 7) is 5.42. The zero-order valence-electron chi connectivity index (χ0n) is 8.07. The average molecular weight is 243 g/mol. The first-order valence-corrected chi connectivity index (χ1v) is 5.60. The summed E-state index contributed by atoms with van der Waals surface area (Å²) >= 11 is 3.46. The molecule has 13 heavy (non-hydrogen) atoms. The van der Waals surface area contributed by atoms with Crippen molar-refractivity contribution in [2.45, 2.75) is 19.9 Å². The van der Waals surface area contributed by atoms with E-state index in [0.717, 1.165) is 11.9 Å². The third-order valence-corrected chi connectivity index (χ3v) is 2.30. The Kier molecular flexibility index (Phi) is 4.22. The van der Waals surface area contributed by atoms with Crippen LogP contribution in [0.25, 0.3) is 0 Å². The van der Waals surface area contributed by atoms with Gasteiger partial charge in [-0.05, 0) is 26.0 Å². The van der Waals surface area contributed by atoms with Crippen molar-refractivity contribution in [3.8, 4) is 0 Å². The number of hydrogen-bond acceptors (Lipinski definition) is 2. The molecule has 0 saturated heterocycles. The summed E-state index contributed by atoms with van der Waals surface area (Å²) in [5.74, 6) is 0. The second kappa shape index (κ2) is 5.22. The van der Waals surface area contributed by atoms with Gasteiger partial charge in [0.1, 0.15) is 0 Å². The van der Waals surface area contributed by atoms with Gasteiger partial charge in [0.25, 0.3) is 0 Å². The van der Waals surface area contributed by atoms with Gasteiger partial charge in [-0.2, -0.15) is 0 Å². The van der Waals surface area contributed by atoms with E-state index in [1.54, 1.807) is 0 Å². The number of rotatable bonds is 4. The van der Waals surface area contributed by atoms with Crippen LogP contribution in [0.2, 0.25) is 0 Å². The predicted octanol–water partition coefficient (Wildman–Crippen LogP) is 2.69. The largest absolute Gasteiger partial charge is 0.368 e. The summed E-state index contributed by atoms with van der Waals surface area (Å²) in [7, 11) is 0. The Morgan fingerprint density at radius 1 is 1.38 bits per heavy atom. The van der Waals surface area contributed by atoms with Gasteiger partial charge in [-0.3, -0.25) is 4.98 Å². The summed E-state index contributed by atoms with van der Waals surface area (Å²) in [5, 5.41) is 0.994. The maximum atomic E-state index is 4.01. The minimum Gasteiger partial charge on any atom is -0.368 e. The molecule has 0 atom stereocenters. The van der Waals surface area contributed by atoms with E-state index < -0.39 is 0 Å². The molecule has 1 aromatic heterocycles. The molecule has 0 unspecified atom stereocenters. The summed E-state index contributed by atoms with van der Waals surface area (Å²) in [6, 6.07) is 4.62. The Labute approximate surface area is 88.1 Å². The molecular formula is C10H15BrN2. The number of aromatic nitrogens is 1. The molecule has 0 amide bonds.